The number of hydrogen-bond acceptors (Lipinski definition) is 6. The normalized spacial score (nSPS) is 23.1. The van der Waals surface area contributed by atoms with E-state index in [9.17, 15) is 32.3 Å². The zero-order valence-electron chi connectivity index (χ0n) is 20.1. The molecule has 10 nitrogen and oxygen atoms in total. The summed E-state index contributed by atoms with van der Waals surface area (Å²) in [4.78, 5) is 49.9. The van der Waals surface area contributed by atoms with Crippen molar-refractivity contribution < 1.29 is 41.5 Å². The van der Waals surface area contributed by atoms with Crippen LogP contribution in [0.5, 0.6) is 0 Å². The van der Waals surface area contributed by atoms with Gasteiger partial charge in [-0.1, -0.05) is 12.1 Å². The van der Waals surface area contributed by atoms with Gasteiger partial charge in [-0.2, -0.15) is 18.3 Å². The molecule has 0 radical (unpaired) electrons. The Bertz CT molecular complexity index is 1330. The topological polar surface area (TPSA) is 123 Å². The molecule has 2 aromatic rings. The van der Waals surface area contributed by atoms with Gasteiger partial charge in [0.05, 0.1) is 17.3 Å². The highest BCUT2D eigenvalue weighted by atomic mass is 19.4. The number of aromatic nitrogens is 2. The first-order valence-electron chi connectivity index (χ1n) is 11.9. The number of amides is 4. The van der Waals surface area contributed by atoms with E-state index in [1.165, 1.54) is 24.0 Å². The van der Waals surface area contributed by atoms with E-state index in [-0.39, 0.29) is 55.6 Å². The van der Waals surface area contributed by atoms with Crippen LogP contribution in [0.4, 0.5) is 22.4 Å². The van der Waals surface area contributed by atoms with Gasteiger partial charge in [0.25, 0.3) is 5.91 Å². The van der Waals surface area contributed by atoms with Gasteiger partial charge < -0.3 is 15.0 Å². The number of carbonyl (C=O) groups excluding carboxylic acids is 4. The summed E-state index contributed by atoms with van der Waals surface area (Å²) in [5.74, 6) is -2.55. The molecule has 1 aliphatic carbocycles. The predicted molar refractivity (Wildman–Crippen MR) is 120 cm³/mol. The summed E-state index contributed by atoms with van der Waals surface area (Å²) in [5.41, 5.74) is -0.418. The molecule has 1 atom stereocenters. The molecular formula is C24H23F4N5O5. The molecule has 2 fully saturated rings. The number of rotatable bonds is 5. The summed E-state index contributed by atoms with van der Waals surface area (Å²) in [6.07, 6.45) is -5.54. The van der Waals surface area contributed by atoms with Gasteiger partial charge in [-0.3, -0.25) is 24.4 Å². The highest BCUT2D eigenvalue weighted by Crippen LogP contribution is 2.39. The van der Waals surface area contributed by atoms with Crippen molar-refractivity contribution in [2.75, 3.05) is 0 Å². The minimum atomic E-state index is -4.55. The van der Waals surface area contributed by atoms with Crippen molar-refractivity contribution in [3.8, 4) is 0 Å². The van der Waals surface area contributed by atoms with Crippen molar-refractivity contribution in [1.29, 1.82) is 0 Å². The summed E-state index contributed by atoms with van der Waals surface area (Å²) in [6.45, 7) is 1.18. The highest BCUT2D eigenvalue weighted by Gasteiger charge is 2.43. The number of halogens is 4. The maximum absolute atomic E-state index is 15.2. The number of alkyl halides is 3. The van der Waals surface area contributed by atoms with E-state index in [1.807, 2.05) is 0 Å². The lowest BCUT2D eigenvalue weighted by Gasteiger charge is -2.35. The lowest BCUT2D eigenvalue weighted by atomic mass is 9.89. The molecule has 0 spiro atoms. The highest BCUT2D eigenvalue weighted by molar-refractivity contribution is 6.05. The fraction of sp³-hybridized carbons (Fsp3) is 0.458. The second kappa shape index (κ2) is 9.40. The molecule has 2 N–H and O–H groups in total. The van der Waals surface area contributed by atoms with Crippen LogP contribution in [-0.4, -0.2) is 50.6 Å². The second-order valence-corrected chi connectivity index (χ2v) is 9.59. The Morgan fingerprint density at radius 2 is 1.97 bits per heavy atom. The summed E-state index contributed by atoms with van der Waals surface area (Å²) in [7, 11) is 0. The van der Waals surface area contributed by atoms with Gasteiger partial charge in [0, 0.05) is 37.9 Å². The van der Waals surface area contributed by atoms with Gasteiger partial charge in [0.15, 0.2) is 0 Å². The average molecular weight is 537 g/mol. The zero-order valence-corrected chi connectivity index (χ0v) is 20.1. The molecule has 1 aromatic carbocycles. The van der Waals surface area contributed by atoms with E-state index >= 15 is 4.39 Å². The van der Waals surface area contributed by atoms with Crippen LogP contribution in [0.3, 0.4) is 0 Å². The number of nitrogens with zero attached hydrogens (tertiary/aromatic N) is 3. The van der Waals surface area contributed by atoms with Gasteiger partial charge in [-0.25, -0.2) is 9.18 Å². The van der Waals surface area contributed by atoms with Crippen LogP contribution in [0.15, 0.2) is 18.2 Å². The third kappa shape index (κ3) is 4.70. The Kier molecular flexibility index (Phi) is 6.35. The number of benzene rings is 1. The number of alkyl carbamates (subject to hydrolysis) is 1. The van der Waals surface area contributed by atoms with Gasteiger partial charge in [-0.05, 0) is 25.0 Å². The SMILES string of the molecule is Cc1cc(C(F)(F)F)n(C2CC(OC(=O)NCc3ccc4c(c3F)C(=O)N([C@@H]3CCC(=O)NC3=O)C4)C2)n1. The van der Waals surface area contributed by atoms with Crippen LogP contribution in [0, 0.1) is 12.7 Å². The number of fused-ring (bicyclic) bond motifs is 1. The molecule has 14 heteroatoms. The molecular weight excluding hydrogens is 514 g/mol. The summed E-state index contributed by atoms with van der Waals surface area (Å²) in [5, 5.41) is 8.48. The molecule has 4 amide bonds. The number of nitrogens with one attached hydrogen (secondary N) is 2. The number of imide groups is 1. The van der Waals surface area contributed by atoms with E-state index in [4.69, 9.17) is 4.74 Å². The average Bonchev–Trinajstić information content (AvgIpc) is 3.36. The number of hydrogen-bond donors (Lipinski definition) is 2. The van der Waals surface area contributed by atoms with Crippen LogP contribution in [0.1, 0.15) is 64.6 Å². The Labute approximate surface area is 213 Å². The fourth-order valence-corrected chi connectivity index (χ4v) is 4.99. The Hall–Kier alpha value is -3.97. The standard InChI is InChI=1S/C24H23F4N5O5/c1-11-6-17(24(26,27)28)33(31-11)14-7-15(8-14)38-23(37)29-9-12-2-3-13-10-32(22(36)19(13)20(12)25)16-4-5-18(34)30-21(16)35/h2-3,6,14-16H,4-5,7-10H2,1H3,(H,29,37)(H,30,34,35)/t14?,15?,16-/m1/s1. The van der Waals surface area contributed by atoms with Crippen molar-refractivity contribution in [2.24, 2.45) is 0 Å². The molecule has 0 bridgehead atoms. The minimum Gasteiger partial charge on any atom is -0.446 e. The lowest BCUT2D eigenvalue weighted by Crippen LogP contribution is -2.52. The predicted octanol–water partition coefficient (Wildman–Crippen LogP) is 2.74. The third-order valence-electron chi connectivity index (χ3n) is 6.97. The monoisotopic (exact) mass is 537 g/mol. The van der Waals surface area contributed by atoms with Gasteiger partial charge >= 0.3 is 12.3 Å². The zero-order chi connectivity index (χ0) is 27.4. The van der Waals surface area contributed by atoms with E-state index in [1.54, 1.807) is 0 Å². The van der Waals surface area contributed by atoms with Crippen LogP contribution < -0.4 is 10.6 Å². The number of aryl methyl sites for hydroxylation is 1. The number of piperidine rings is 1. The Morgan fingerprint density at radius 3 is 2.66 bits per heavy atom. The molecule has 0 unspecified atom stereocenters. The number of carbonyl (C=O) groups is 4. The fourth-order valence-electron chi connectivity index (χ4n) is 4.99. The van der Waals surface area contributed by atoms with Crippen LogP contribution in [0.25, 0.3) is 0 Å². The van der Waals surface area contributed by atoms with Crippen molar-refractivity contribution >= 4 is 23.8 Å². The molecule has 1 aromatic heterocycles. The first-order chi connectivity index (χ1) is 17.9. The number of ether oxygens (including phenoxy) is 1. The quantitative estimate of drug-likeness (QED) is 0.447. The first kappa shape index (κ1) is 25.7. The Balaban J connectivity index is 1.16. The lowest BCUT2D eigenvalue weighted by molar-refractivity contribution is -0.147. The van der Waals surface area contributed by atoms with Gasteiger partial charge in [-0.15, -0.1) is 0 Å². The summed E-state index contributed by atoms with van der Waals surface area (Å²) in [6, 6.07) is 2.46. The molecule has 3 aliphatic rings. The van der Waals surface area contributed by atoms with E-state index in [0.29, 0.717) is 5.56 Å². The maximum atomic E-state index is 15.2. The summed E-state index contributed by atoms with van der Waals surface area (Å²) >= 11 is 0. The van der Waals surface area contributed by atoms with E-state index in [0.717, 1.165) is 10.7 Å². The minimum absolute atomic E-state index is 0.0157. The molecule has 3 heterocycles. The third-order valence-corrected chi connectivity index (χ3v) is 6.97. The van der Waals surface area contributed by atoms with E-state index in [2.05, 4.69) is 15.7 Å². The molecule has 1 saturated carbocycles. The van der Waals surface area contributed by atoms with Crippen molar-refractivity contribution in [3.05, 3.63) is 52.1 Å². The van der Waals surface area contributed by atoms with Crippen LogP contribution >= 0.6 is 0 Å². The smallest absolute Gasteiger partial charge is 0.433 e. The van der Waals surface area contributed by atoms with Crippen molar-refractivity contribution in [3.63, 3.8) is 0 Å². The Morgan fingerprint density at radius 1 is 1.24 bits per heavy atom. The molecule has 38 heavy (non-hydrogen) atoms. The largest absolute Gasteiger partial charge is 0.446 e. The summed E-state index contributed by atoms with van der Waals surface area (Å²) < 4.78 is 60.9. The van der Waals surface area contributed by atoms with Crippen molar-refractivity contribution in [1.82, 2.24) is 25.3 Å². The molecule has 1 saturated heterocycles. The van der Waals surface area contributed by atoms with E-state index < -0.39 is 59.7 Å². The second-order valence-electron chi connectivity index (χ2n) is 9.59. The van der Waals surface area contributed by atoms with Gasteiger partial charge in [0.2, 0.25) is 11.8 Å². The molecule has 202 valence electrons. The molecule has 5 rings (SSSR count). The first-order valence-corrected chi connectivity index (χ1v) is 11.9. The van der Waals surface area contributed by atoms with Crippen LogP contribution in [0.2, 0.25) is 0 Å². The van der Waals surface area contributed by atoms with Crippen LogP contribution in [-0.2, 0) is 33.6 Å². The van der Waals surface area contributed by atoms with Gasteiger partial charge in [0.1, 0.15) is 23.7 Å². The van der Waals surface area contributed by atoms with Crippen molar-refractivity contribution in [2.45, 2.75) is 70.1 Å². The molecule has 2 aliphatic heterocycles. The maximum Gasteiger partial charge on any atom is 0.433 e.